The fourth-order valence-corrected chi connectivity index (χ4v) is 3.47. The molecule has 1 aliphatic heterocycles. The molecule has 1 saturated heterocycles. The molecule has 1 amide bonds. The zero-order valence-electron chi connectivity index (χ0n) is 12.5. The van der Waals surface area contributed by atoms with Gasteiger partial charge in [-0.3, -0.25) is 9.78 Å². The number of rotatable bonds is 2. The molecule has 1 aliphatic rings. The van der Waals surface area contributed by atoms with Gasteiger partial charge in [0, 0.05) is 12.4 Å². The number of carbonyl (C=O) groups is 1. The maximum Gasteiger partial charge on any atom is 0.416 e. The topological polar surface area (TPSA) is 54.4 Å². The van der Waals surface area contributed by atoms with Gasteiger partial charge in [-0.25, -0.2) is 4.99 Å². The van der Waals surface area contributed by atoms with Gasteiger partial charge in [0.2, 0.25) is 4.75 Å². The highest BCUT2D eigenvalue weighted by molar-refractivity contribution is 8.16. The third kappa shape index (κ3) is 2.66. The van der Waals surface area contributed by atoms with Crippen molar-refractivity contribution < 1.29 is 18.0 Å². The Kier molecular flexibility index (Phi) is 4.08. The lowest BCUT2D eigenvalue weighted by atomic mass is 9.97. The molecule has 1 N–H and O–H groups in total. The first-order valence-corrected chi connectivity index (χ1v) is 7.78. The van der Waals surface area contributed by atoms with Crippen molar-refractivity contribution in [1.29, 1.82) is 0 Å². The predicted molar refractivity (Wildman–Crippen MR) is 86.0 cm³/mol. The van der Waals surface area contributed by atoms with Crippen LogP contribution in [0, 0.1) is 6.92 Å². The van der Waals surface area contributed by atoms with E-state index >= 15 is 0 Å². The lowest BCUT2D eigenvalue weighted by Crippen LogP contribution is -2.46. The summed E-state index contributed by atoms with van der Waals surface area (Å²) in [5.41, 5.74) is 1.13. The Morgan fingerprint density at radius 3 is 2.46 bits per heavy atom. The van der Waals surface area contributed by atoms with E-state index in [2.05, 4.69) is 15.3 Å². The molecular formula is C16H12F3N3OS. The van der Waals surface area contributed by atoms with Gasteiger partial charge in [-0.05, 0) is 36.2 Å². The average Bonchev–Trinajstić information content (AvgIpc) is 2.88. The first-order chi connectivity index (χ1) is 11.3. The minimum atomic E-state index is -4.79. The second-order valence-corrected chi connectivity index (χ2v) is 6.38. The van der Waals surface area contributed by atoms with Crippen LogP contribution in [0.5, 0.6) is 0 Å². The number of benzene rings is 1. The summed E-state index contributed by atoms with van der Waals surface area (Å²) in [4.78, 5) is 20.2. The number of hydrogen-bond acceptors (Lipinski definition) is 4. The fraction of sp³-hybridized carbons (Fsp3) is 0.188. The van der Waals surface area contributed by atoms with E-state index in [1.165, 1.54) is 24.5 Å². The number of nitrogens with one attached hydrogen (secondary N) is 1. The van der Waals surface area contributed by atoms with E-state index < -0.39 is 16.8 Å². The number of pyridine rings is 1. The molecule has 1 atom stereocenters. The highest BCUT2D eigenvalue weighted by atomic mass is 32.2. The number of aliphatic imine (C=N–C) groups is 1. The van der Waals surface area contributed by atoms with Crippen LogP contribution in [0.2, 0.25) is 0 Å². The minimum absolute atomic E-state index is 0.0802. The Bertz CT molecular complexity index is 808. The van der Waals surface area contributed by atoms with Crippen molar-refractivity contribution in [3.8, 4) is 0 Å². The van der Waals surface area contributed by atoms with Crippen molar-refractivity contribution in [1.82, 2.24) is 10.3 Å². The number of aromatic nitrogens is 1. The number of nitrogens with zero attached hydrogens (tertiary/aromatic N) is 2. The van der Waals surface area contributed by atoms with E-state index in [0.717, 1.165) is 5.56 Å². The fourth-order valence-electron chi connectivity index (χ4n) is 2.38. The number of thioether (sulfide) groups is 1. The van der Waals surface area contributed by atoms with E-state index in [1.54, 1.807) is 31.2 Å². The van der Waals surface area contributed by atoms with Crippen molar-refractivity contribution in [3.05, 3.63) is 59.9 Å². The lowest BCUT2D eigenvalue weighted by molar-refractivity contribution is -0.171. The molecule has 3 rings (SSSR count). The molecule has 0 aliphatic carbocycles. The number of carbonyl (C=O) groups excluding carboxylic acids is 1. The Morgan fingerprint density at radius 2 is 1.83 bits per heavy atom. The van der Waals surface area contributed by atoms with Crippen LogP contribution >= 0.6 is 11.8 Å². The highest BCUT2D eigenvalue weighted by Gasteiger charge is 2.66. The summed E-state index contributed by atoms with van der Waals surface area (Å²) in [6, 6.07) is 9.38. The molecule has 0 spiro atoms. The van der Waals surface area contributed by atoms with Crippen molar-refractivity contribution in [3.63, 3.8) is 0 Å². The standard InChI is InChI=1S/C16H12F3N3OS/c1-10-4-2-3-5-12(10)21-14-22-13(23)15(24-14,16(17,18)19)11-6-8-20-9-7-11/h2-9H,1H3,(H,21,22,23). The zero-order valence-corrected chi connectivity index (χ0v) is 13.3. The van der Waals surface area contributed by atoms with Gasteiger partial charge in [0.15, 0.2) is 5.17 Å². The highest BCUT2D eigenvalue weighted by Crippen LogP contribution is 2.53. The van der Waals surface area contributed by atoms with E-state index in [9.17, 15) is 18.0 Å². The normalized spacial score (nSPS) is 22.7. The maximum absolute atomic E-state index is 13.8. The summed E-state index contributed by atoms with van der Waals surface area (Å²) < 4.78 is 38.6. The number of amides is 1. The molecule has 2 heterocycles. The number of alkyl halides is 3. The van der Waals surface area contributed by atoms with Gasteiger partial charge in [0.1, 0.15) is 0 Å². The molecule has 0 bridgehead atoms. The first kappa shape index (κ1) is 16.5. The first-order valence-electron chi connectivity index (χ1n) is 6.96. The Hall–Kier alpha value is -2.35. The maximum atomic E-state index is 13.8. The summed E-state index contributed by atoms with van der Waals surface area (Å²) in [6.45, 7) is 1.79. The third-order valence-corrected chi connectivity index (χ3v) is 4.96. The second kappa shape index (κ2) is 5.94. The molecule has 8 heteroatoms. The van der Waals surface area contributed by atoms with Crippen molar-refractivity contribution in [2.24, 2.45) is 4.99 Å². The molecule has 2 aromatic rings. The van der Waals surface area contributed by atoms with Crippen LogP contribution in [0.15, 0.2) is 53.8 Å². The largest absolute Gasteiger partial charge is 0.416 e. The molecule has 1 fully saturated rings. The van der Waals surface area contributed by atoms with Gasteiger partial charge in [-0.2, -0.15) is 13.2 Å². The SMILES string of the molecule is Cc1ccccc1N=C1NC(=O)C(c2ccncc2)(C(F)(F)F)S1. The Morgan fingerprint density at radius 1 is 1.17 bits per heavy atom. The Balaban J connectivity index is 2.07. The van der Waals surface area contributed by atoms with Crippen molar-refractivity contribution >= 4 is 28.5 Å². The molecule has 1 unspecified atom stereocenters. The minimum Gasteiger partial charge on any atom is -0.303 e. The molecule has 124 valence electrons. The van der Waals surface area contributed by atoms with E-state index in [0.29, 0.717) is 17.4 Å². The number of aryl methyl sites for hydroxylation is 1. The summed E-state index contributed by atoms with van der Waals surface area (Å²) in [7, 11) is 0. The smallest absolute Gasteiger partial charge is 0.303 e. The van der Waals surface area contributed by atoms with Crippen LogP contribution in [-0.2, 0) is 9.54 Å². The number of amidine groups is 1. The molecule has 0 radical (unpaired) electrons. The van der Waals surface area contributed by atoms with Gasteiger partial charge in [0.25, 0.3) is 5.91 Å². The van der Waals surface area contributed by atoms with E-state index in [-0.39, 0.29) is 10.7 Å². The summed E-state index contributed by atoms with van der Waals surface area (Å²) in [5.74, 6) is -1.15. The van der Waals surface area contributed by atoms with Gasteiger partial charge >= 0.3 is 6.18 Å². The van der Waals surface area contributed by atoms with Crippen molar-refractivity contribution in [2.75, 3.05) is 0 Å². The van der Waals surface area contributed by atoms with E-state index in [4.69, 9.17) is 0 Å². The van der Waals surface area contributed by atoms with Gasteiger partial charge in [0.05, 0.1) is 5.69 Å². The molecule has 1 aromatic heterocycles. The monoisotopic (exact) mass is 351 g/mol. The van der Waals surface area contributed by atoms with Crippen molar-refractivity contribution in [2.45, 2.75) is 17.8 Å². The molecule has 1 aromatic carbocycles. The van der Waals surface area contributed by atoms with Crippen LogP contribution in [0.25, 0.3) is 0 Å². The van der Waals surface area contributed by atoms with Crippen LogP contribution in [0.4, 0.5) is 18.9 Å². The third-order valence-electron chi connectivity index (χ3n) is 3.61. The predicted octanol–water partition coefficient (Wildman–Crippen LogP) is 3.70. The zero-order chi connectivity index (χ0) is 17.4. The number of para-hydroxylation sites is 1. The molecule has 4 nitrogen and oxygen atoms in total. The van der Waals surface area contributed by atoms with Gasteiger partial charge in [-0.15, -0.1) is 0 Å². The summed E-state index contributed by atoms with van der Waals surface area (Å²) in [5, 5.41) is 2.18. The summed E-state index contributed by atoms with van der Waals surface area (Å²) >= 11 is 0.366. The van der Waals surface area contributed by atoms with Crippen LogP contribution in [0.3, 0.4) is 0 Å². The second-order valence-electron chi connectivity index (χ2n) is 5.17. The number of hydrogen-bond donors (Lipinski definition) is 1. The van der Waals surface area contributed by atoms with E-state index in [1.807, 2.05) is 0 Å². The lowest BCUT2D eigenvalue weighted by Gasteiger charge is -2.27. The molecule has 24 heavy (non-hydrogen) atoms. The quantitative estimate of drug-likeness (QED) is 0.898. The molecule has 0 saturated carbocycles. The number of halogens is 3. The van der Waals surface area contributed by atoms with Gasteiger partial charge < -0.3 is 5.32 Å². The average molecular weight is 351 g/mol. The van der Waals surface area contributed by atoms with Crippen LogP contribution in [-0.4, -0.2) is 22.2 Å². The summed E-state index contributed by atoms with van der Waals surface area (Å²) in [6.07, 6.45) is -2.33. The van der Waals surface area contributed by atoms with Crippen LogP contribution < -0.4 is 5.32 Å². The Labute approximate surface area is 140 Å². The van der Waals surface area contributed by atoms with Crippen LogP contribution in [0.1, 0.15) is 11.1 Å². The molecular weight excluding hydrogens is 339 g/mol. The van der Waals surface area contributed by atoms with Gasteiger partial charge in [-0.1, -0.05) is 30.0 Å².